The molecular formula is C17H27N3O. The maximum atomic E-state index is 5.13. The van der Waals surface area contributed by atoms with E-state index in [1.165, 1.54) is 24.0 Å². The SMILES string of the molecule is CN=C(NCc1ccc(COC)cc1)N1CCCC(C)C1. The fourth-order valence-corrected chi connectivity index (χ4v) is 2.82. The molecule has 21 heavy (non-hydrogen) atoms. The van der Waals surface area contributed by atoms with E-state index < -0.39 is 0 Å². The summed E-state index contributed by atoms with van der Waals surface area (Å²) in [6.45, 7) is 6.00. The number of aliphatic imine (C=N–C) groups is 1. The molecule has 1 heterocycles. The Morgan fingerprint density at radius 2 is 2.05 bits per heavy atom. The van der Waals surface area contributed by atoms with Crippen LogP contribution in [0.1, 0.15) is 30.9 Å². The van der Waals surface area contributed by atoms with Gasteiger partial charge in [0.25, 0.3) is 0 Å². The molecule has 1 aromatic rings. The number of likely N-dealkylation sites (tertiary alicyclic amines) is 1. The zero-order chi connectivity index (χ0) is 15.1. The minimum atomic E-state index is 0.668. The molecule has 0 spiro atoms. The summed E-state index contributed by atoms with van der Waals surface area (Å²) in [7, 11) is 3.59. The summed E-state index contributed by atoms with van der Waals surface area (Å²) in [6.07, 6.45) is 2.59. The lowest BCUT2D eigenvalue weighted by atomic mass is 10.0. The van der Waals surface area contributed by atoms with Crippen LogP contribution in [0.2, 0.25) is 0 Å². The van der Waals surface area contributed by atoms with Crippen LogP contribution in [-0.2, 0) is 17.9 Å². The minimum absolute atomic E-state index is 0.668. The van der Waals surface area contributed by atoms with E-state index in [9.17, 15) is 0 Å². The molecule has 116 valence electrons. The monoisotopic (exact) mass is 289 g/mol. The highest BCUT2D eigenvalue weighted by atomic mass is 16.5. The number of benzene rings is 1. The molecule has 0 radical (unpaired) electrons. The smallest absolute Gasteiger partial charge is 0.193 e. The van der Waals surface area contributed by atoms with Gasteiger partial charge in [-0.1, -0.05) is 31.2 Å². The van der Waals surface area contributed by atoms with E-state index in [1.54, 1.807) is 7.11 Å². The molecule has 4 nitrogen and oxygen atoms in total. The first-order valence-electron chi connectivity index (χ1n) is 7.75. The van der Waals surface area contributed by atoms with Gasteiger partial charge in [0.15, 0.2) is 5.96 Å². The molecule has 0 saturated carbocycles. The highest BCUT2D eigenvalue weighted by molar-refractivity contribution is 5.79. The van der Waals surface area contributed by atoms with Crippen molar-refractivity contribution in [3.63, 3.8) is 0 Å². The Balaban J connectivity index is 1.88. The van der Waals surface area contributed by atoms with E-state index in [-0.39, 0.29) is 0 Å². The molecule has 0 amide bonds. The topological polar surface area (TPSA) is 36.9 Å². The standard InChI is InChI=1S/C17H27N3O/c1-14-5-4-10-20(12-14)17(18-2)19-11-15-6-8-16(9-7-15)13-21-3/h6-9,14H,4-5,10-13H2,1-3H3,(H,18,19). The van der Waals surface area contributed by atoms with Crippen LogP contribution in [0, 0.1) is 5.92 Å². The fourth-order valence-electron chi connectivity index (χ4n) is 2.82. The number of piperidine rings is 1. The van der Waals surface area contributed by atoms with Gasteiger partial charge in [0.1, 0.15) is 0 Å². The molecule has 2 rings (SSSR count). The average molecular weight is 289 g/mol. The molecule has 1 N–H and O–H groups in total. The molecule has 1 atom stereocenters. The maximum Gasteiger partial charge on any atom is 0.193 e. The summed E-state index contributed by atoms with van der Waals surface area (Å²) in [6, 6.07) is 8.53. The second-order valence-corrected chi connectivity index (χ2v) is 5.84. The molecule has 1 fully saturated rings. The van der Waals surface area contributed by atoms with Crippen molar-refractivity contribution in [2.75, 3.05) is 27.2 Å². The van der Waals surface area contributed by atoms with Crippen molar-refractivity contribution in [1.82, 2.24) is 10.2 Å². The lowest BCUT2D eigenvalue weighted by Crippen LogP contribution is -2.45. The molecule has 0 aromatic heterocycles. The third-order valence-electron chi connectivity index (χ3n) is 3.95. The van der Waals surface area contributed by atoms with Gasteiger partial charge in [0.2, 0.25) is 0 Å². The molecule has 1 unspecified atom stereocenters. The summed E-state index contributed by atoms with van der Waals surface area (Å²) in [4.78, 5) is 6.79. The predicted octanol–water partition coefficient (Wildman–Crippen LogP) is 2.64. The number of methoxy groups -OCH3 is 1. The Morgan fingerprint density at radius 3 is 2.67 bits per heavy atom. The number of nitrogens with one attached hydrogen (secondary N) is 1. The number of hydrogen-bond acceptors (Lipinski definition) is 2. The quantitative estimate of drug-likeness (QED) is 0.684. The van der Waals surface area contributed by atoms with E-state index in [0.717, 1.165) is 31.5 Å². The number of rotatable bonds is 4. The number of ether oxygens (including phenoxy) is 1. The molecule has 1 aromatic carbocycles. The van der Waals surface area contributed by atoms with Gasteiger partial charge in [-0.05, 0) is 29.9 Å². The van der Waals surface area contributed by atoms with Crippen LogP contribution < -0.4 is 5.32 Å². The zero-order valence-corrected chi connectivity index (χ0v) is 13.4. The van der Waals surface area contributed by atoms with E-state index >= 15 is 0 Å². The van der Waals surface area contributed by atoms with Crippen LogP contribution in [0.15, 0.2) is 29.3 Å². The van der Waals surface area contributed by atoms with Crippen molar-refractivity contribution in [2.45, 2.75) is 32.9 Å². The molecule has 4 heteroatoms. The van der Waals surface area contributed by atoms with Gasteiger partial charge in [0.05, 0.1) is 6.61 Å². The van der Waals surface area contributed by atoms with Crippen LogP contribution in [-0.4, -0.2) is 38.1 Å². The summed E-state index contributed by atoms with van der Waals surface area (Å²) < 4.78 is 5.13. The fraction of sp³-hybridized carbons (Fsp3) is 0.588. The molecule has 0 aliphatic carbocycles. The van der Waals surface area contributed by atoms with Crippen LogP contribution in [0.5, 0.6) is 0 Å². The highest BCUT2D eigenvalue weighted by Gasteiger charge is 2.18. The Hall–Kier alpha value is -1.55. The van der Waals surface area contributed by atoms with Gasteiger partial charge in [-0.25, -0.2) is 0 Å². The Morgan fingerprint density at radius 1 is 1.33 bits per heavy atom. The van der Waals surface area contributed by atoms with Gasteiger partial charge in [-0.2, -0.15) is 0 Å². The van der Waals surface area contributed by atoms with E-state index in [1.807, 2.05) is 7.05 Å². The van der Waals surface area contributed by atoms with E-state index in [2.05, 4.69) is 46.4 Å². The highest BCUT2D eigenvalue weighted by Crippen LogP contribution is 2.15. The van der Waals surface area contributed by atoms with E-state index in [4.69, 9.17) is 4.74 Å². The summed E-state index contributed by atoms with van der Waals surface area (Å²) in [5, 5.41) is 3.47. The van der Waals surface area contributed by atoms with Crippen LogP contribution in [0.3, 0.4) is 0 Å². The Kier molecular flexibility index (Phi) is 6.05. The van der Waals surface area contributed by atoms with Crippen molar-refractivity contribution >= 4 is 5.96 Å². The number of hydrogen-bond donors (Lipinski definition) is 1. The average Bonchev–Trinajstić information content (AvgIpc) is 2.50. The zero-order valence-electron chi connectivity index (χ0n) is 13.4. The second-order valence-electron chi connectivity index (χ2n) is 5.84. The Labute approximate surface area is 128 Å². The molecule has 1 aliphatic heterocycles. The summed E-state index contributed by atoms with van der Waals surface area (Å²) in [5.41, 5.74) is 2.47. The lowest BCUT2D eigenvalue weighted by molar-refractivity contribution is 0.185. The summed E-state index contributed by atoms with van der Waals surface area (Å²) in [5.74, 6) is 1.77. The van der Waals surface area contributed by atoms with Crippen LogP contribution >= 0.6 is 0 Å². The van der Waals surface area contributed by atoms with Gasteiger partial charge in [-0.15, -0.1) is 0 Å². The van der Waals surface area contributed by atoms with Crippen molar-refractivity contribution in [3.8, 4) is 0 Å². The molecular weight excluding hydrogens is 262 g/mol. The number of nitrogens with zero attached hydrogens (tertiary/aromatic N) is 2. The lowest BCUT2D eigenvalue weighted by Gasteiger charge is -2.33. The van der Waals surface area contributed by atoms with Crippen molar-refractivity contribution < 1.29 is 4.74 Å². The maximum absolute atomic E-state index is 5.13. The molecule has 1 saturated heterocycles. The predicted molar refractivity (Wildman–Crippen MR) is 87.3 cm³/mol. The molecule has 0 bridgehead atoms. The first-order chi connectivity index (χ1) is 10.2. The van der Waals surface area contributed by atoms with Crippen LogP contribution in [0.25, 0.3) is 0 Å². The van der Waals surface area contributed by atoms with Crippen molar-refractivity contribution in [3.05, 3.63) is 35.4 Å². The van der Waals surface area contributed by atoms with Gasteiger partial charge < -0.3 is 15.0 Å². The largest absolute Gasteiger partial charge is 0.380 e. The first-order valence-corrected chi connectivity index (χ1v) is 7.75. The second kappa shape index (κ2) is 8.03. The normalized spacial score (nSPS) is 19.7. The van der Waals surface area contributed by atoms with Gasteiger partial charge in [0, 0.05) is 33.8 Å². The third-order valence-corrected chi connectivity index (χ3v) is 3.95. The first kappa shape index (κ1) is 15.8. The van der Waals surface area contributed by atoms with E-state index in [0.29, 0.717) is 6.61 Å². The Bertz CT molecular complexity index is 456. The van der Waals surface area contributed by atoms with Gasteiger partial charge in [-0.3, -0.25) is 4.99 Å². The third kappa shape index (κ3) is 4.74. The molecule has 1 aliphatic rings. The van der Waals surface area contributed by atoms with Crippen LogP contribution in [0.4, 0.5) is 0 Å². The number of guanidine groups is 1. The van der Waals surface area contributed by atoms with Crippen molar-refractivity contribution in [1.29, 1.82) is 0 Å². The van der Waals surface area contributed by atoms with Gasteiger partial charge >= 0.3 is 0 Å². The van der Waals surface area contributed by atoms with Crippen molar-refractivity contribution in [2.24, 2.45) is 10.9 Å². The summed E-state index contributed by atoms with van der Waals surface area (Å²) >= 11 is 0. The minimum Gasteiger partial charge on any atom is -0.380 e.